The maximum absolute atomic E-state index is 9.84. The molecule has 0 aromatic carbocycles. The molecule has 116 valence electrons. The highest BCUT2D eigenvalue weighted by Crippen LogP contribution is 2.37. The minimum absolute atomic E-state index is 0.0424. The molecule has 0 radical (unpaired) electrons. The van der Waals surface area contributed by atoms with Gasteiger partial charge < -0.3 is 15.3 Å². The number of aliphatic hydroxyl groups is 1. The molecule has 1 aliphatic heterocycles. The van der Waals surface area contributed by atoms with E-state index < -0.39 is 0 Å². The summed E-state index contributed by atoms with van der Waals surface area (Å²) >= 11 is 0. The van der Waals surface area contributed by atoms with Crippen LogP contribution >= 0.6 is 0 Å². The molecule has 1 heterocycles. The van der Waals surface area contributed by atoms with Crippen LogP contribution in [0.3, 0.4) is 0 Å². The smallest absolute Gasteiger partial charge is 0.0614 e. The standard InChI is InChI=1S/C17H32N2O/c1-13(2)14-6-9-19(10-7-14)16-5-8-17(11-16,12-20)18-15-3-4-15/h13-16,18,20H,3-12H2,1-2H3. The zero-order valence-electron chi connectivity index (χ0n) is 13.3. The van der Waals surface area contributed by atoms with Gasteiger partial charge in [0.25, 0.3) is 0 Å². The zero-order chi connectivity index (χ0) is 14.2. The molecule has 2 atom stereocenters. The molecule has 2 unspecified atom stereocenters. The van der Waals surface area contributed by atoms with Crippen molar-refractivity contribution in [2.75, 3.05) is 19.7 Å². The van der Waals surface area contributed by atoms with E-state index in [1.807, 2.05) is 0 Å². The van der Waals surface area contributed by atoms with Gasteiger partial charge in [-0.3, -0.25) is 0 Å². The van der Waals surface area contributed by atoms with Crippen molar-refractivity contribution in [2.45, 2.75) is 76.4 Å². The third-order valence-electron chi connectivity index (χ3n) is 6.01. The Kier molecular flexibility index (Phi) is 4.40. The Morgan fingerprint density at radius 1 is 1.15 bits per heavy atom. The number of hydrogen-bond donors (Lipinski definition) is 2. The second kappa shape index (κ2) is 5.94. The summed E-state index contributed by atoms with van der Waals surface area (Å²) in [6.45, 7) is 7.61. The lowest BCUT2D eigenvalue weighted by Crippen LogP contribution is -2.49. The van der Waals surface area contributed by atoms with Gasteiger partial charge in [-0.15, -0.1) is 0 Å². The van der Waals surface area contributed by atoms with Crippen molar-refractivity contribution in [3.63, 3.8) is 0 Å². The molecule has 20 heavy (non-hydrogen) atoms. The number of piperidine rings is 1. The summed E-state index contributed by atoms with van der Waals surface area (Å²) in [6, 6.07) is 1.41. The predicted molar refractivity (Wildman–Crippen MR) is 82.7 cm³/mol. The fraction of sp³-hybridized carbons (Fsp3) is 1.00. The van der Waals surface area contributed by atoms with Gasteiger partial charge >= 0.3 is 0 Å². The van der Waals surface area contributed by atoms with Crippen LogP contribution in [0.15, 0.2) is 0 Å². The van der Waals surface area contributed by atoms with Gasteiger partial charge in [-0.1, -0.05) is 13.8 Å². The summed E-state index contributed by atoms with van der Waals surface area (Å²) in [5, 5.41) is 13.6. The van der Waals surface area contributed by atoms with E-state index in [0.717, 1.165) is 24.7 Å². The van der Waals surface area contributed by atoms with Gasteiger partial charge in [0.1, 0.15) is 0 Å². The lowest BCUT2D eigenvalue weighted by Gasteiger charge is -2.38. The molecule has 0 amide bonds. The van der Waals surface area contributed by atoms with Crippen LogP contribution in [-0.4, -0.2) is 47.3 Å². The van der Waals surface area contributed by atoms with Crippen molar-refractivity contribution in [3.05, 3.63) is 0 Å². The van der Waals surface area contributed by atoms with Gasteiger partial charge in [-0.2, -0.15) is 0 Å². The number of nitrogens with zero attached hydrogens (tertiary/aromatic N) is 1. The highest BCUT2D eigenvalue weighted by molar-refractivity contribution is 5.03. The monoisotopic (exact) mass is 280 g/mol. The van der Waals surface area contributed by atoms with Crippen LogP contribution in [0.5, 0.6) is 0 Å². The zero-order valence-corrected chi connectivity index (χ0v) is 13.3. The second-order valence-electron chi connectivity index (χ2n) is 7.87. The molecule has 0 aromatic rings. The van der Waals surface area contributed by atoms with Crippen LogP contribution in [-0.2, 0) is 0 Å². The van der Waals surface area contributed by atoms with E-state index in [1.165, 1.54) is 45.2 Å². The normalized spacial score (nSPS) is 36.9. The van der Waals surface area contributed by atoms with E-state index in [-0.39, 0.29) is 5.54 Å². The average Bonchev–Trinajstić information content (AvgIpc) is 3.16. The Morgan fingerprint density at radius 3 is 2.40 bits per heavy atom. The quantitative estimate of drug-likeness (QED) is 0.812. The lowest BCUT2D eigenvalue weighted by molar-refractivity contribution is 0.102. The molecule has 0 aromatic heterocycles. The molecule has 0 bridgehead atoms. The summed E-state index contributed by atoms with van der Waals surface area (Å²) in [5.41, 5.74) is 0.0424. The Labute approximate surface area is 124 Å². The van der Waals surface area contributed by atoms with Gasteiger partial charge in [-0.05, 0) is 69.9 Å². The molecular formula is C17H32N2O. The van der Waals surface area contributed by atoms with Crippen LogP contribution in [0.4, 0.5) is 0 Å². The average molecular weight is 280 g/mol. The SMILES string of the molecule is CC(C)C1CCN(C2CCC(CO)(NC3CC3)C2)CC1. The van der Waals surface area contributed by atoms with E-state index in [2.05, 4.69) is 24.1 Å². The summed E-state index contributed by atoms with van der Waals surface area (Å²) in [7, 11) is 0. The fourth-order valence-electron chi connectivity index (χ4n) is 4.34. The van der Waals surface area contributed by atoms with E-state index in [1.54, 1.807) is 0 Å². The molecule has 0 spiro atoms. The molecule has 2 aliphatic carbocycles. The first-order chi connectivity index (χ1) is 9.62. The molecule has 2 N–H and O–H groups in total. The molecule has 3 heteroatoms. The summed E-state index contributed by atoms with van der Waals surface area (Å²) in [5.74, 6) is 1.77. The van der Waals surface area contributed by atoms with Crippen LogP contribution in [0.25, 0.3) is 0 Å². The van der Waals surface area contributed by atoms with Gasteiger partial charge in [0.2, 0.25) is 0 Å². The van der Waals surface area contributed by atoms with E-state index >= 15 is 0 Å². The molecule has 2 saturated carbocycles. The third-order valence-corrected chi connectivity index (χ3v) is 6.01. The maximum Gasteiger partial charge on any atom is 0.0614 e. The highest BCUT2D eigenvalue weighted by atomic mass is 16.3. The number of likely N-dealkylation sites (tertiary alicyclic amines) is 1. The minimum Gasteiger partial charge on any atom is -0.394 e. The number of hydrogen-bond acceptors (Lipinski definition) is 3. The molecule has 3 rings (SSSR count). The Balaban J connectivity index is 1.52. The first-order valence-corrected chi connectivity index (χ1v) is 8.74. The first kappa shape index (κ1) is 14.8. The minimum atomic E-state index is 0.0424. The van der Waals surface area contributed by atoms with Crippen LogP contribution < -0.4 is 5.32 Å². The van der Waals surface area contributed by atoms with Gasteiger partial charge in [-0.25, -0.2) is 0 Å². The summed E-state index contributed by atoms with van der Waals surface area (Å²) < 4.78 is 0. The van der Waals surface area contributed by atoms with Crippen molar-refractivity contribution in [1.82, 2.24) is 10.2 Å². The predicted octanol–water partition coefficient (Wildman–Crippen LogP) is 2.39. The van der Waals surface area contributed by atoms with Crippen LogP contribution in [0.2, 0.25) is 0 Å². The van der Waals surface area contributed by atoms with Gasteiger partial charge in [0, 0.05) is 17.6 Å². The third kappa shape index (κ3) is 3.20. The summed E-state index contributed by atoms with van der Waals surface area (Å²) in [4.78, 5) is 2.71. The summed E-state index contributed by atoms with van der Waals surface area (Å²) in [6.07, 6.45) is 8.96. The fourth-order valence-corrected chi connectivity index (χ4v) is 4.34. The van der Waals surface area contributed by atoms with Crippen molar-refractivity contribution in [2.24, 2.45) is 11.8 Å². The van der Waals surface area contributed by atoms with Crippen molar-refractivity contribution >= 4 is 0 Å². The molecule has 3 aliphatic rings. The van der Waals surface area contributed by atoms with Gasteiger partial charge in [0.05, 0.1) is 6.61 Å². The Hall–Kier alpha value is -0.120. The van der Waals surface area contributed by atoms with Crippen molar-refractivity contribution < 1.29 is 5.11 Å². The molecule has 1 saturated heterocycles. The Morgan fingerprint density at radius 2 is 1.85 bits per heavy atom. The Bertz CT molecular complexity index is 321. The number of aliphatic hydroxyl groups excluding tert-OH is 1. The van der Waals surface area contributed by atoms with Crippen molar-refractivity contribution in [1.29, 1.82) is 0 Å². The second-order valence-corrected chi connectivity index (χ2v) is 7.87. The first-order valence-electron chi connectivity index (χ1n) is 8.74. The molecule has 3 nitrogen and oxygen atoms in total. The van der Waals surface area contributed by atoms with Crippen LogP contribution in [0, 0.1) is 11.8 Å². The molecule has 3 fully saturated rings. The van der Waals surface area contributed by atoms with E-state index in [4.69, 9.17) is 0 Å². The number of nitrogens with one attached hydrogen (secondary N) is 1. The van der Waals surface area contributed by atoms with E-state index in [0.29, 0.717) is 18.7 Å². The van der Waals surface area contributed by atoms with Gasteiger partial charge in [0.15, 0.2) is 0 Å². The lowest BCUT2D eigenvalue weighted by atomic mass is 9.86. The van der Waals surface area contributed by atoms with E-state index in [9.17, 15) is 5.11 Å². The number of rotatable bonds is 5. The highest BCUT2D eigenvalue weighted by Gasteiger charge is 2.44. The van der Waals surface area contributed by atoms with Crippen molar-refractivity contribution in [3.8, 4) is 0 Å². The van der Waals surface area contributed by atoms with Crippen LogP contribution in [0.1, 0.15) is 58.8 Å². The topological polar surface area (TPSA) is 35.5 Å². The molecular weight excluding hydrogens is 248 g/mol. The largest absolute Gasteiger partial charge is 0.394 e. The maximum atomic E-state index is 9.84.